The van der Waals surface area contributed by atoms with Crippen molar-refractivity contribution >= 4 is 0 Å². The van der Waals surface area contributed by atoms with Gasteiger partial charge in [0.25, 0.3) is 0 Å². The third kappa shape index (κ3) is 3.16. The summed E-state index contributed by atoms with van der Waals surface area (Å²) in [6.45, 7) is 0.685. The minimum absolute atomic E-state index is 0.685. The van der Waals surface area contributed by atoms with Gasteiger partial charge in [-0.05, 0) is 12.0 Å². The first-order chi connectivity index (χ1) is 5.29. The highest BCUT2D eigenvalue weighted by atomic mass is 16.5. The van der Waals surface area contributed by atoms with Gasteiger partial charge in [0.1, 0.15) is 0 Å². The van der Waals surface area contributed by atoms with Crippen LogP contribution in [0.15, 0.2) is 30.3 Å². The summed E-state index contributed by atoms with van der Waals surface area (Å²) in [6.07, 6.45) is 0.897. The van der Waals surface area contributed by atoms with Crippen LogP contribution in [0, 0.1) is 0 Å². The van der Waals surface area contributed by atoms with Gasteiger partial charge in [-0.1, -0.05) is 30.3 Å². The molecule has 11 heavy (non-hydrogen) atoms. The van der Waals surface area contributed by atoms with Crippen LogP contribution in [-0.4, -0.2) is 23.9 Å². The van der Waals surface area contributed by atoms with Crippen LogP contribution in [0.5, 0.6) is 0 Å². The van der Waals surface area contributed by atoms with Crippen LogP contribution in [0.4, 0.5) is 0 Å². The topological polar surface area (TPSA) is 23.5 Å². The summed E-state index contributed by atoms with van der Waals surface area (Å²) in [6, 6.07) is 10.1. The largest absolute Gasteiger partial charge is 0.314 e. The van der Waals surface area contributed by atoms with E-state index in [4.69, 9.17) is 5.21 Å². The molecule has 1 aromatic carbocycles. The minimum atomic E-state index is 0.685. The molecule has 0 saturated heterocycles. The van der Waals surface area contributed by atoms with Gasteiger partial charge in [0.15, 0.2) is 0 Å². The number of likely N-dealkylation sites (N-methyl/N-ethyl adjacent to an activating group) is 1. The first kappa shape index (κ1) is 8.24. The van der Waals surface area contributed by atoms with Crippen LogP contribution in [-0.2, 0) is 6.42 Å². The van der Waals surface area contributed by atoms with E-state index < -0.39 is 0 Å². The molecule has 1 aromatic rings. The van der Waals surface area contributed by atoms with E-state index >= 15 is 0 Å². The fraction of sp³-hybridized carbons (Fsp3) is 0.333. The maximum Gasteiger partial charge on any atom is 0.0275 e. The Balaban J connectivity index is 2.39. The highest BCUT2D eigenvalue weighted by molar-refractivity contribution is 5.14. The zero-order valence-corrected chi connectivity index (χ0v) is 6.70. The quantitative estimate of drug-likeness (QED) is 0.662. The number of hydrogen-bond acceptors (Lipinski definition) is 2. The Morgan fingerprint density at radius 1 is 1.27 bits per heavy atom. The Bertz CT molecular complexity index is 196. The normalized spacial score (nSPS) is 10.5. The summed E-state index contributed by atoms with van der Waals surface area (Å²) in [5.74, 6) is 0. The van der Waals surface area contributed by atoms with E-state index in [2.05, 4.69) is 12.1 Å². The van der Waals surface area contributed by atoms with Crippen molar-refractivity contribution in [3.05, 3.63) is 35.9 Å². The molecule has 0 atom stereocenters. The van der Waals surface area contributed by atoms with Crippen molar-refractivity contribution in [2.75, 3.05) is 13.6 Å². The standard InChI is InChI=1S/C9H13NO/c1-10(11)8-7-9-5-3-2-4-6-9/h2-6,11H,7-8H2,1H3. The molecular weight excluding hydrogens is 138 g/mol. The van der Waals surface area contributed by atoms with Crippen LogP contribution in [0.3, 0.4) is 0 Å². The van der Waals surface area contributed by atoms with Crippen LogP contribution in [0.1, 0.15) is 5.56 Å². The highest BCUT2D eigenvalue weighted by Gasteiger charge is 1.92. The summed E-state index contributed by atoms with van der Waals surface area (Å²) in [5.41, 5.74) is 1.26. The Morgan fingerprint density at radius 3 is 2.45 bits per heavy atom. The Hall–Kier alpha value is -0.860. The average molecular weight is 151 g/mol. The number of hydroxylamine groups is 2. The Labute approximate surface area is 67.0 Å². The Kier molecular flexibility index (Phi) is 3.08. The Morgan fingerprint density at radius 2 is 1.91 bits per heavy atom. The summed E-state index contributed by atoms with van der Waals surface area (Å²) < 4.78 is 0. The highest BCUT2D eigenvalue weighted by Crippen LogP contribution is 1.99. The number of rotatable bonds is 3. The molecule has 0 spiro atoms. The molecule has 0 aliphatic carbocycles. The van der Waals surface area contributed by atoms with Crippen molar-refractivity contribution < 1.29 is 5.21 Å². The van der Waals surface area contributed by atoms with Gasteiger partial charge in [-0.25, -0.2) is 0 Å². The molecule has 1 N–H and O–H groups in total. The fourth-order valence-corrected chi connectivity index (χ4v) is 0.936. The van der Waals surface area contributed by atoms with Crippen molar-refractivity contribution in [3.63, 3.8) is 0 Å². The van der Waals surface area contributed by atoms with Gasteiger partial charge in [0, 0.05) is 13.6 Å². The van der Waals surface area contributed by atoms with Gasteiger partial charge in [0.2, 0.25) is 0 Å². The van der Waals surface area contributed by atoms with Crippen LogP contribution in [0.2, 0.25) is 0 Å². The first-order valence-corrected chi connectivity index (χ1v) is 3.73. The smallest absolute Gasteiger partial charge is 0.0275 e. The SMILES string of the molecule is CN(O)CCc1ccccc1. The molecule has 2 nitrogen and oxygen atoms in total. The maximum absolute atomic E-state index is 8.85. The molecule has 0 amide bonds. The molecule has 2 heteroatoms. The lowest BCUT2D eigenvalue weighted by atomic mass is 10.1. The molecule has 60 valence electrons. The molecule has 0 bridgehead atoms. The van der Waals surface area contributed by atoms with E-state index in [-0.39, 0.29) is 0 Å². The zero-order valence-electron chi connectivity index (χ0n) is 6.70. The average Bonchev–Trinajstić information content (AvgIpc) is 2.03. The molecule has 0 fully saturated rings. The monoisotopic (exact) mass is 151 g/mol. The fourth-order valence-electron chi connectivity index (χ4n) is 0.936. The lowest BCUT2D eigenvalue weighted by molar-refractivity contribution is -0.0634. The van der Waals surface area contributed by atoms with Crippen LogP contribution >= 0.6 is 0 Å². The van der Waals surface area contributed by atoms with Gasteiger partial charge in [-0.2, -0.15) is 5.06 Å². The second-order valence-electron chi connectivity index (χ2n) is 2.62. The van der Waals surface area contributed by atoms with Gasteiger partial charge in [0.05, 0.1) is 0 Å². The lowest BCUT2D eigenvalue weighted by Gasteiger charge is -2.06. The van der Waals surface area contributed by atoms with E-state index in [9.17, 15) is 0 Å². The van der Waals surface area contributed by atoms with Crippen LogP contribution < -0.4 is 0 Å². The van der Waals surface area contributed by atoms with E-state index in [1.807, 2.05) is 18.2 Å². The molecule has 0 heterocycles. The summed E-state index contributed by atoms with van der Waals surface area (Å²) in [7, 11) is 1.66. The van der Waals surface area contributed by atoms with Crippen LogP contribution in [0.25, 0.3) is 0 Å². The van der Waals surface area contributed by atoms with Crippen molar-refractivity contribution in [3.8, 4) is 0 Å². The lowest BCUT2D eigenvalue weighted by Crippen LogP contribution is -2.15. The summed E-state index contributed by atoms with van der Waals surface area (Å²) >= 11 is 0. The molecule has 0 aliphatic rings. The number of nitrogens with zero attached hydrogens (tertiary/aromatic N) is 1. The molecule has 1 rings (SSSR count). The third-order valence-corrected chi connectivity index (χ3v) is 1.57. The molecular formula is C9H13NO. The predicted octanol–water partition coefficient (Wildman–Crippen LogP) is 1.55. The molecule has 0 saturated carbocycles. The van der Waals surface area contributed by atoms with Crippen molar-refractivity contribution in [1.29, 1.82) is 0 Å². The first-order valence-electron chi connectivity index (χ1n) is 3.73. The molecule has 0 radical (unpaired) electrons. The van der Waals surface area contributed by atoms with E-state index in [1.165, 1.54) is 10.6 Å². The van der Waals surface area contributed by atoms with E-state index in [0.717, 1.165) is 6.42 Å². The zero-order chi connectivity index (χ0) is 8.10. The summed E-state index contributed by atoms with van der Waals surface area (Å²) in [5, 5.41) is 10.0. The second-order valence-corrected chi connectivity index (χ2v) is 2.62. The van der Waals surface area contributed by atoms with Crippen molar-refractivity contribution in [1.82, 2.24) is 5.06 Å². The van der Waals surface area contributed by atoms with E-state index in [1.54, 1.807) is 7.05 Å². The third-order valence-electron chi connectivity index (χ3n) is 1.57. The second kappa shape index (κ2) is 4.11. The maximum atomic E-state index is 8.85. The molecule has 0 aliphatic heterocycles. The predicted molar refractivity (Wildman–Crippen MR) is 44.6 cm³/mol. The van der Waals surface area contributed by atoms with Gasteiger partial charge in [-0.15, -0.1) is 0 Å². The molecule has 0 unspecified atom stereocenters. The van der Waals surface area contributed by atoms with Crippen molar-refractivity contribution in [2.24, 2.45) is 0 Å². The minimum Gasteiger partial charge on any atom is -0.314 e. The van der Waals surface area contributed by atoms with Gasteiger partial charge >= 0.3 is 0 Å². The summed E-state index contributed by atoms with van der Waals surface area (Å²) in [4.78, 5) is 0. The number of hydrogen-bond donors (Lipinski definition) is 1. The van der Waals surface area contributed by atoms with Gasteiger partial charge < -0.3 is 5.21 Å². The molecule has 0 aromatic heterocycles. The van der Waals surface area contributed by atoms with E-state index in [0.29, 0.717) is 6.54 Å². The van der Waals surface area contributed by atoms with Gasteiger partial charge in [-0.3, -0.25) is 0 Å². The number of benzene rings is 1. The van der Waals surface area contributed by atoms with Crippen molar-refractivity contribution in [2.45, 2.75) is 6.42 Å².